The molecule has 0 aromatic heterocycles. The van der Waals surface area contributed by atoms with Gasteiger partial charge in [-0.3, -0.25) is 15.4 Å². The summed E-state index contributed by atoms with van der Waals surface area (Å²) in [6, 6.07) is 8.45. The molecule has 1 fully saturated rings. The van der Waals surface area contributed by atoms with E-state index in [1.54, 1.807) is 12.1 Å². The van der Waals surface area contributed by atoms with Crippen LogP contribution in [0.15, 0.2) is 30.3 Å². The fourth-order valence-electron chi connectivity index (χ4n) is 1.40. The van der Waals surface area contributed by atoms with Gasteiger partial charge in [-0.1, -0.05) is 30.3 Å². The summed E-state index contributed by atoms with van der Waals surface area (Å²) in [5, 5.41) is 6.43. The van der Waals surface area contributed by atoms with Crippen LogP contribution in [0.25, 0.3) is 0 Å². The van der Waals surface area contributed by atoms with Crippen molar-refractivity contribution in [1.29, 1.82) is 0 Å². The van der Waals surface area contributed by atoms with E-state index in [1.807, 2.05) is 23.5 Å². The maximum absolute atomic E-state index is 11.4. The first kappa shape index (κ1) is 11.9. The van der Waals surface area contributed by atoms with Crippen molar-refractivity contribution in [3.05, 3.63) is 35.9 Å². The molecule has 0 saturated carbocycles. The quantitative estimate of drug-likeness (QED) is 0.661. The lowest BCUT2D eigenvalue weighted by atomic mass is 10.2. The van der Waals surface area contributed by atoms with Crippen molar-refractivity contribution in [2.45, 2.75) is 12.8 Å². The Balaban J connectivity index is 1.79. The smallest absolute Gasteiger partial charge is 0.409 e. The number of carbonyl (C=O) groups excluding carboxylic acids is 3. The van der Waals surface area contributed by atoms with Crippen molar-refractivity contribution < 1.29 is 19.1 Å². The SMILES string of the molecule is O=C1NC(=O)C(NC(=O)OCc2ccccc2)N1. The van der Waals surface area contributed by atoms with Gasteiger partial charge in [0.15, 0.2) is 6.17 Å². The maximum atomic E-state index is 11.4. The van der Waals surface area contributed by atoms with Gasteiger partial charge in [0.05, 0.1) is 0 Å². The fraction of sp³-hybridized carbons (Fsp3) is 0.182. The highest BCUT2D eigenvalue weighted by Gasteiger charge is 2.31. The number of benzene rings is 1. The van der Waals surface area contributed by atoms with E-state index >= 15 is 0 Å². The van der Waals surface area contributed by atoms with Gasteiger partial charge in [-0.2, -0.15) is 0 Å². The Kier molecular flexibility index (Phi) is 3.42. The lowest BCUT2D eigenvalue weighted by molar-refractivity contribution is -0.120. The lowest BCUT2D eigenvalue weighted by Gasteiger charge is -2.10. The molecule has 7 nitrogen and oxygen atoms in total. The minimum absolute atomic E-state index is 0.0922. The van der Waals surface area contributed by atoms with Gasteiger partial charge in [0.1, 0.15) is 6.61 Å². The second kappa shape index (κ2) is 5.17. The third-order valence-corrected chi connectivity index (χ3v) is 2.25. The van der Waals surface area contributed by atoms with Crippen molar-refractivity contribution in [1.82, 2.24) is 16.0 Å². The Morgan fingerprint density at radius 1 is 1.28 bits per heavy atom. The van der Waals surface area contributed by atoms with Gasteiger partial charge >= 0.3 is 12.1 Å². The second-order valence-electron chi connectivity index (χ2n) is 3.60. The molecule has 0 aliphatic carbocycles. The van der Waals surface area contributed by atoms with Crippen molar-refractivity contribution in [3.8, 4) is 0 Å². The van der Waals surface area contributed by atoms with E-state index in [4.69, 9.17) is 4.74 Å². The molecule has 1 saturated heterocycles. The van der Waals surface area contributed by atoms with E-state index in [0.29, 0.717) is 0 Å². The first-order valence-electron chi connectivity index (χ1n) is 5.24. The molecule has 7 heteroatoms. The molecule has 1 aliphatic heterocycles. The van der Waals surface area contributed by atoms with E-state index in [0.717, 1.165) is 5.56 Å². The van der Waals surface area contributed by atoms with Gasteiger partial charge in [0, 0.05) is 0 Å². The van der Waals surface area contributed by atoms with Crippen LogP contribution in [0.2, 0.25) is 0 Å². The van der Waals surface area contributed by atoms with Crippen LogP contribution in [0, 0.1) is 0 Å². The number of carbonyl (C=O) groups is 3. The Morgan fingerprint density at radius 3 is 2.61 bits per heavy atom. The van der Waals surface area contributed by atoms with Gasteiger partial charge in [-0.05, 0) is 5.56 Å². The van der Waals surface area contributed by atoms with Crippen LogP contribution < -0.4 is 16.0 Å². The second-order valence-corrected chi connectivity index (χ2v) is 3.60. The number of imide groups is 1. The summed E-state index contributed by atoms with van der Waals surface area (Å²) in [7, 11) is 0. The van der Waals surface area contributed by atoms with Crippen LogP contribution in [0.3, 0.4) is 0 Å². The van der Waals surface area contributed by atoms with E-state index in [9.17, 15) is 14.4 Å². The largest absolute Gasteiger partial charge is 0.445 e. The van der Waals surface area contributed by atoms with Crippen LogP contribution in [0.1, 0.15) is 5.56 Å². The number of amides is 4. The molecule has 1 atom stereocenters. The summed E-state index contributed by atoms with van der Waals surface area (Å²) in [6.07, 6.45) is -1.86. The topological polar surface area (TPSA) is 96.5 Å². The minimum Gasteiger partial charge on any atom is -0.445 e. The molecule has 0 spiro atoms. The number of rotatable bonds is 3. The monoisotopic (exact) mass is 249 g/mol. The maximum Gasteiger partial charge on any atom is 0.409 e. The molecule has 18 heavy (non-hydrogen) atoms. The summed E-state index contributed by atoms with van der Waals surface area (Å²) in [5.41, 5.74) is 0.826. The number of urea groups is 1. The molecular formula is C11H11N3O4. The first-order chi connectivity index (χ1) is 8.65. The minimum atomic E-state index is -1.08. The fourth-order valence-corrected chi connectivity index (χ4v) is 1.40. The highest BCUT2D eigenvalue weighted by molar-refractivity contribution is 6.04. The molecule has 0 radical (unpaired) electrons. The molecular weight excluding hydrogens is 238 g/mol. The lowest BCUT2D eigenvalue weighted by Crippen LogP contribution is -2.46. The zero-order valence-electron chi connectivity index (χ0n) is 9.30. The van der Waals surface area contributed by atoms with Crippen molar-refractivity contribution in [2.24, 2.45) is 0 Å². The number of hydrogen-bond acceptors (Lipinski definition) is 4. The van der Waals surface area contributed by atoms with Gasteiger partial charge in [-0.25, -0.2) is 9.59 Å². The number of ether oxygens (including phenoxy) is 1. The molecule has 1 aromatic carbocycles. The summed E-state index contributed by atoms with van der Waals surface area (Å²) >= 11 is 0. The van der Waals surface area contributed by atoms with E-state index in [2.05, 4.69) is 10.6 Å². The predicted molar refractivity (Wildman–Crippen MR) is 60.2 cm³/mol. The van der Waals surface area contributed by atoms with Gasteiger partial charge < -0.3 is 10.1 Å². The van der Waals surface area contributed by atoms with Crippen LogP contribution >= 0.6 is 0 Å². The Morgan fingerprint density at radius 2 is 2.00 bits per heavy atom. The predicted octanol–water partition coefficient (Wildman–Crippen LogP) is 0.0783. The van der Waals surface area contributed by atoms with Crippen molar-refractivity contribution in [2.75, 3.05) is 0 Å². The van der Waals surface area contributed by atoms with Gasteiger partial charge in [0.25, 0.3) is 5.91 Å². The molecule has 1 aromatic rings. The molecule has 3 N–H and O–H groups in total. The van der Waals surface area contributed by atoms with Crippen molar-refractivity contribution >= 4 is 18.0 Å². The molecule has 1 heterocycles. The Hall–Kier alpha value is -2.57. The first-order valence-corrected chi connectivity index (χ1v) is 5.24. The molecule has 94 valence electrons. The van der Waals surface area contributed by atoms with Crippen LogP contribution in [0.4, 0.5) is 9.59 Å². The van der Waals surface area contributed by atoms with Crippen LogP contribution in [-0.2, 0) is 16.1 Å². The summed E-state index contributed by atoms with van der Waals surface area (Å²) in [4.78, 5) is 33.3. The van der Waals surface area contributed by atoms with Gasteiger partial charge in [0.2, 0.25) is 0 Å². The summed E-state index contributed by atoms with van der Waals surface area (Å²) in [6.45, 7) is 0.0922. The summed E-state index contributed by atoms with van der Waals surface area (Å²) in [5.74, 6) is -0.614. The van der Waals surface area contributed by atoms with E-state index in [1.165, 1.54) is 0 Å². The number of alkyl carbamates (subject to hydrolysis) is 1. The van der Waals surface area contributed by atoms with Crippen LogP contribution in [-0.4, -0.2) is 24.2 Å². The zero-order chi connectivity index (χ0) is 13.0. The van der Waals surface area contributed by atoms with E-state index < -0.39 is 24.2 Å². The third-order valence-electron chi connectivity index (χ3n) is 2.25. The summed E-state index contributed by atoms with van der Waals surface area (Å²) < 4.78 is 4.89. The average molecular weight is 249 g/mol. The zero-order valence-corrected chi connectivity index (χ0v) is 9.30. The standard InChI is InChI=1S/C11H11N3O4/c15-9-8(12-10(16)14-9)13-11(17)18-6-7-4-2-1-3-5-7/h1-5,8H,6H2,(H,13,17)(H2,12,14,15,16). The molecule has 0 bridgehead atoms. The number of nitrogens with one attached hydrogen (secondary N) is 3. The normalized spacial score (nSPS) is 17.9. The molecule has 1 aliphatic rings. The average Bonchev–Trinajstić information content (AvgIpc) is 2.67. The highest BCUT2D eigenvalue weighted by atomic mass is 16.5. The van der Waals surface area contributed by atoms with E-state index in [-0.39, 0.29) is 6.61 Å². The molecule has 4 amide bonds. The highest BCUT2D eigenvalue weighted by Crippen LogP contribution is 2.00. The number of hydrogen-bond donors (Lipinski definition) is 3. The third kappa shape index (κ3) is 2.97. The Labute approximate surface area is 102 Å². The van der Waals surface area contributed by atoms with Crippen LogP contribution in [0.5, 0.6) is 0 Å². The molecule has 2 rings (SSSR count). The Bertz CT molecular complexity index is 474. The molecule has 1 unspecified atom stereocenters. The van der Waals surface area contributed by atoms with Crippen molar-refractivity contribution in [3.63, 3.8) is 0 Å². The van der Waals surface area contributed by atoms with Gasteiger partial charge in [-0.15, -0.1) is 0 Å².